The van der Waals surface area contributed by atoms with Crippen molar-refractivity contribution >= 4 is 23.5 Å². The third kappa shape index (κ3) is 7.65. The van der Waals surface area contributed by atoms with Crippen LogP contribution >= 0.6 is 11.7 Å². The van der Waals surface area contributed by atoms with Gasteiger partial charge in [-0.1, -0.05) is 20.8 Å². The quantitative estimate of drug-likeness (QED) is 0.243. The Morgan fingerprint density at radius 2 is 1.84 bits per heavy atom. The molecule has 2 heterocycles. The molecule has 12 atom stereocenters. The van der Waals surface area contributed by atoms with Gasteiger partial charge >= 0.3 is 5.97 Å². The zero-order chi connectivity index (χ0) is 35.1. The van der Waals surface area contributed by atoms with Crippen molar-refractivity contribution in [3.63, 3.8) is 0 Å². The summed E-state index contributed by atoms with van der Waals surface area (Å²) in [4.78, 5) is 15.5. The lowest BCUT2D eigenvalue weighted by atomic mass is 9.43. The molecule has 12 heteroatoms. The van der Waals surface area contributed by atoms with Crippen molar-refractivity contribution in [3.8, 4) is 5.88 Å². The molecule has 1 aliphatic heterocycles. The van der Waals surface area contributed by atoms with E-state index in [1.807, 2.05) is 0 Å². The number of carbonyl (C=O) groups is 1. The van der Waals surface area contributed by atoms with Crippen LogP contribution in [0, 0.1) is 46.3 Å². The highest BCUT2D eigenvalue weighted by Crippen LogP contribution is 2.68. The molecule has 4 aliphatic carbocycles. The van der Waals surface area contributed by atoms with Crippen LogP contribution in [0.15, 0.2) is 0 Å². The number of aliphatic hydroxyl groups excluding tert-OH is 3. The first kappa shape index (κ1) is 37.2. The number of nitrogens with one attached hydrogen (secondary N) is 1. The van der Waals surface area contributed by atoms with E-state index < -0.39 is 12.2 Å². The molecule has 0 amide bonds. The summed E-state index contributed by atoms with van der Waals surface area (Å²) in [6, 6.07) is 0. The number of fused-ring (bicyclic) bond motifs is 5. The Kier molecular flexibility index (Phi) is 11.2. The predicted molar refractivity (Wildman–Crippen MR) is 188 cm³/mol. The van der Waals surface area contributed by atoms with E-state index in [1.165, 1.54) is 0 Å². The second-order valence-electron chi connectivity index (χ2n) is 17.6. The zero-order valence-corrected chi connectivity index (χ0v) is 31.4. The number of rotatable bonds is 11. The number of hydrogen-bond donors (Lipinski definition) is 4. The molecule has 278 valence electrons. The van der Waals surface area contributed by atoms with Crippen molar-refractivity contribution < 1.29 is 34.3 Å². The van der Waals surface area contributed by atoms with Crippen LogP contribution in [0.25, 0.3) is 0 Å². The summed E-state index contributed by atoms with van der Waals surface area (Å²) in [5.41, 5.74) is -0.395. The smallest absolute Gasteiger partial charge is 0.306 e. The average molecular weight is 707 g/mol. The minimum atomic E-state index is -0.495. The van der Waals surface area contributed by atoms with Gasteiger partial charge in [-0.05, 0) is 118 Å². The summed E-state index contributed by atoms with van der Waals surface area (Å²) in [5, 5.41) is 37.4. The number of nitrogens with zero attached hydrogens (tertiary/aromatic N) is 3. The van der Waals surface area contributed by atoms with Crippen LogP contribution in [0.2, 0.25) is 0 Å². The lowest BCUT2D eigenvalue weighted by Gasteiger charge is -2.63. The van der Waals surface area contributed by atoms with E-state index in [9.17, 15) is 20.1 Å². The zero-order valence-electron chi connectivity index (χ0n) is 30.6. The summed E-state index contributed by atoms with van der Waals surface area (Å²) in [6.07, 6.45) is 5.42. The van der Waals surface area contributed by atoms with E-state index in [1.54, 1.807) is 0 Å². The second kappa shape index (κ2) is 14.8. The van der Waals surface area contributed by atoms with E-state index in [0.29, 0.717) is 56.6 Å². The molecule has 0 radical (unpaired) electrons. The maximum atomic E-state index is 13.4. The number of carbonyl (C=O) groups excluding carboxylic acids is 1. The highest BCUT2D eigenvalue weighted by atomic mass is 32.1. The van der Waals surface area contributed by atoms with E-state index in [2.05, 4.69) is 60.5 Å². The van der Waals surface area contributed by atoms with Crippen molar-refractivity contribution in [1.29, 1.82) is 0 Å². The van der Waals surface area contributed by atoms with Gasteiger partial charge in [-0.15, -0.1) is 4.37 Å². The Bertz CT molecular complexity index is 1270. The van der Waals surface area contributed by atoms with Gasteiger partial charge in [0.1, 0.15) is 12.7 Å². The topological polar surface area (TPSA) is 146 Å². The third-order valence-electron chi connectivity index (χ3n) is 13.6. The number of aliphatic hydroxyl groups is 3. The Hall–Kier alpha value is -1.57. The Morgan fingerprint density at radius 1 is 1.08 bits per heavy atom. The molecular weight excluding hydrogens is 644 g/mol. The van der Waals surface area contributed by atoms with Crippen LogP contribution in [-0.2, 0) is 14.3 Å². The first-order chi connectivity index (χ1) is 23.2. The predicted octanol–water partition coefficient (Wildman–Crippen LogP) is 4.43. The molecule has 5 fully saturated rings. The molecule has 6 rings (SSSR count). The van der Waals surface area contributed by atoms with Crippen LogP contribution in [0.1, 0.15) is 99.3 Å². The van der Waals surface area contributed by atoms with Gasteiger partial charge in [0, 0.05) is 31.6 Å². The molecule has 1 saturated heterocycles. The molecule has 1 unspecified atom stereocenters. The SMILES string of the molecule is C[C@H](CCC(=O)OC(CNC(C)(C)C)COc1nsnc1N1CCOCC1)[C@H]1CC[C@H]2[C@@H]3[C@H](O)C[C@@H]4C[C@H](O)CC[C@]4(C)[C@H]3C[C@H](O)[C@]12C. The van der Waals surface area contributed by atoms with Crippen LogP contribution < -0.4 is 15.0 Å². The minimum Gasteiger partial charge on any atom is -0.470 e. The fraction of sp³-hybridized carbons (Fsp3) is 0.919. The number of ether oxygens (including phenoxy) is 3. The lowest BCUT2D eigenvalue weighted by molar-refractivity contribution is -0.207. The van der Waals surface area contributed by atoms with Gasteiger partial charge in [0.2, 0.25) is 5.82 Å². The van der Waals surface area contributed by atoms with Gasteiger partial charge in [0.05, 0.1) is 43.3 Å². The van der Waals surface area contributed by atoms with Crippen molar-refractivity contribution in [2.75, 3.05) is 44.4 Å². The Balaban J connectivity index is 1.06. The molecule has 0 spiro atoms. The summed E-state index contributed by atoms with van der Waals surface area (Å²) in [6.45, 7) is 16.5. The molecule has 0 aromatic carbocycles. The summed E-state index contributed by atoms with van der Waals surface area (Å²) in [7, 11) is 0. The largest absolute Gasteiger partial charge is 0.470 e. The van der Waals surface area contributed by atoms with E-state index in [4.69, 9.17) is 14.2 Å². The van der Waals surface area contributed by atoms with E-state index in [-0.39, 0.29) is 70.7 Å². The van der Waals surface area contributed by atoms with Crippen molar-refractivity contribution in [2.45, 2.75) is 129 Å². The van der Waals surface area contributed by atoms with Gasteiger partial charge in [0.15, 0.2) is 0 Å². The maximum Gasteiger partial charge on any atom is 0.306 e. The minimum absolute atomic E-state index is 0.0566. The van der Waals surface area contributed by atoms with Crippen molar-refractivity contribution in [1.82, 2.24) is 14.1 Å². The molecule has 1 aromatic heterocycles. The number of hydrogen-bond acceptors (Lipinski definition) is 12. The normalized spacial score (nSPS) is 39.0. The maximum absolute atomic E-state index is 13.4. The fourth-order valence-electron chi connectivity index (χ4n) is 10.9. The number of esters is 1. The first-order valence-corrected chi connectivity index (χ1v) is 19.7. The molecule has 5 aliphatic rings. The molecule has 1 aromatic rings. The number of anilines is 1. The standard InChI is InChI=1S/C37H62N4O7S/c1-22(26-8-9-27-32-28(19-30(44)37(26,27)6)36(5)12-11-24(42)17-23(36)18-29(32)43)7-10-31(45)48-25(20-38-35(2,3)4)21-47-34-33(39-49-40-34)41-13-15-46-16-14-41/h22-30,32,38,42-44H,7-21H2,1-6H3/t22-,23+,24-,25?,26-,27+,28+,29-,30+,32+,36+,37-/m1/s1. The lowest BCUT2D eigenvalue weighted by Crippen LogP contribution is -2.62. The van der Waals surface area contributed by atoms with Crippen LogP contribution in [0.3, 0.4) is 0 Å². The third-order valence-corrected chi connectivity index (χ3v) is 14.1. The first-order valence-electron chi connectivity index (χ1n) is 19.0. The molecule has 4 N–H and O–H groups in total. The Labute approximate surface area is 297 Å². The summed E-state index contributed by atoms with van der Waals surface area (Å²) >= 11 is 1.11. The number of morpholine rings is 1. The van der Waals surface area contributed by atoms with Gasteiger partial charge in [-0.3, -0.25) is 4.79 Å². The Morgan fingerprint density at radius 3 is 2.57 bits per heavy atom. The van der Waals surface area contributed by atoms with Crippen LogP contribution in [0.5, 0.6) is 5.88 Å². The summed E-state index contributed by atoms with van der Waals surface area (Å²) < 4.78 is 26.5. The van der Waals surface area contributed by atoms with Crippen molar-refractivity contribution in [2.24, 2.45) is 46.3 Å². The van der Waals surface area contributed by atoms with Gasteiger partial charge in [0.25, 0.3) is 5.88 Å². The molecular formula is C37H62N4O7S. The van der Waals surface area contributed by atoms with Crippen LogP contribution in [0.4, 0.5) is 5.82 Å². The van der Waals surface area contributed by atoms with E-state index >= 15 is 0 Å². The molecule has 49 heavy (non-hydrogen) atoms. The highest BCUT2D eigenvalue weighted by Gasteiger charge is 2.65. The number of aromatic nitrogens is 2. The van der Waals surface area contributed by atoms with Crippen LogP contribution in [-0.4, -0.2) is 99.4 Å². The molecule has 11 nitrogen and oxygen atoms in total. The highest BCUT2D eigenvalue weighted by molar-refractivity contribution is 6.99. The average Bonchev–Trinajstić information content (AvgIpc) is 3.67. The summed E-state index contributed by atoms with van der Waals surface area (Å²) in [5.74, 6) is 2.44. The van der Waals surface area contributed by atoms with Crippen molar-refractivity contribution in [3.05, 3.63) is 0 Å². The molecule has 4 saturated carbocycles. The fourth-order valence-corrected chi connectivity index (χ4v) is 11.4. The monoisotopic (exact) mass is 706 g/mol. The molecule has 0 bridgehead atoms. The van der Waals surface area contributed by atoms with Gasteiger partial charge < -0.3 is 39.7 Å². The van der Waals surface area contributed by atoms with Gasteiger partial charge in [-0.2, -0.15) is 4.37 Å². The van der Waals surface area contributed by atoms with Gasteiger partial charge in [-0.25, -0.2) is 0 Å². The van der Waals surface area contributed by atoms with E-state index in [0.717, 1.165) is 63.3 Å². The second-order valence-corrected chi connectivity index (χ2v) is 18.1.